The topological polar surface area (TPSA) is 57.6 Å². The van der Waals surface area contributed by atoms with Crippen molar-refractivity contribution in [3.05, 3.63) is 0 Å². The Kier molecular flexibility index (Phi) is 5.75. The maximum Gasteiger partial charge on any atom is 0.476 e. The molecule has 0 bridgehead atoms. The van der Waals surface area contributed by atoms with E-state index in [1.165, 1.54) is 45.2 Å². The predicted molar refractivity (Wildman–Crippen MR) is 60.2 cm³/mol. The molecule has 0 unspecified atom stereocenters. The monoisotopic (exact) mass is 271 g/mol. The van der Waals surface area contributed by atoms with Gasteiger partial charge >= 0.3 is 10.6 Å². The van der Waals surface area contributed by atoms with E-state index in [9.17, 15) is 12.9 Å². The summed E-state index contributed by atoms with van der Waals surface area (Å²) in [6.45, 7) is 2.96. The van der Waals surface area contributed by atoms with E-state index in [4.69, 9.17) is 8.42 Å². The van der Waals surface area contributed by atoms with Crippen molar-refractivity contribution in [3.63, 3.8) is 0 Å². The molecular weight excluding hydrogens is 252 g/mol. The number of fused-ring (bicyclic) bond motifs is 1. The van der Waals surface area contributed by atoms with Crippen molar-refractivity contribution in [2.75, 3.05) is 19.7 Å². The fourth-order valence-electron chi connectivity index (χ4n) is 2.79. The van der Waals surface area contributed by atoms with E-state index in [-0.39, 0.29) is 0 Å². The normalized spacial score (nSPS) is 30.1. The molecule has 0 saturated carbocycles. The van der Waals surface area contributed by atoms with E-state index < -0.39 is 10.6 Å². The third-order valence-corrected chi connectivity index (χ3v) is 3.46. The van der Waals surface area contributed by atoms with E-state index in [2.05, 4.69) is 4.90 Å². The second-order valence-electron chi connectivity index (χ2n) is 4.56. The molecule has 0 aliphatic carbocycles. The maximum atomic E-state index is 9.99. The van der Waals surface area contributed by atoms with Crippen molar-refractivity contribution >= 4 is 10.6 Å². The molecule has 0 amide bonds. The second-order valence-corrected chi connectivity index (χ2v) is 5.32. The van der Waals surface area contributed by atoms with E-state index in [0.717, 1.165) is 6.04 Å². The predicted octanol–water partition coefficient (Wildman–Crippen LogP) is 1.41. The van der Waals surface area contributed by atoms with Crippen molar-refractivity contribution in [1.82, 2.24) is 4.90 Å². The third-order valence-electron chi connectivity index (χ3n) is 3.46. The molecule has 17 heavy (non-hydrogen) atoms. The van der Waals surface area contributed by atoms with Crippen LogP contribution in [0, 0.1) is 5.92 Å². The van der Waals surface area contributed by atoms with Crippen LogP contribution in [0.4, 0.5) is 7.77 Å². The molecule has 2 saturated heterocycles. The molecule has 7 heteroatoms. The van der Waals surface area contributed by atoms with Gasteiger partial charge in [-0.05, 0) is 44.7 Å². The van der Waals surface area contributed by atoms with Crippen LogP contribution in [-0.2, 0) is 10.6 Å². The third kappa shape index (κ3) is 5.74. The Hall–Kier alpha value is -0.270. The number of hydrogen-bond acceptors (Lipinski definition) is 4. The van der Waals surface area contributed by atoms with Gasteiger partial charge < -0.3 is 10.0 Å². The van der Waals surface area contributed by atoms with E-state index in [1.54, 1.807) is 0 Å². The van der Waals surface area contributed by atoms with Crippen molar-refractivity contribution in [2.24, 2.45) is 5.92 Å². The molecular formula is C10H19F2NO3S. The summed E-state index contributed by atoms with van der Waals surface area (Å²) in [5.41, 5.74) is 0. The first-order chi connectivity index (χ1) is 7.92. The Bertz CT molecular complexity index is 307. The van der Waals surface area contributed by atoms with E-state index in [1.807, 2.05) is 0 Å². The van der Waals surface area contributed by atoms with Gasteiger partial charge in [0.15, 0.2) is 0 Å². The zero-order chi connectivity index (χ0) is 12.9. The van der Waals surface area contributed by atoms with Crippen LogP contribution in [0.25, 0.3) is 0 Å². The lowest BCUT2D eigenvalue weighted by molar-refractivity contribution is 0.0312. The lowest BCUT2D eigenvalue weighted by atomic mass is 9.84. The minimum atomic E-state index is -5.67. The van der Waals surface area contributed by atoms with Crippen LogP contribution in [0.3, 0.4) is 0 Å². The fourth-order valence-corrected chi connectivity index (χ4v) is 2.79. The Morgan fingerprint density at radius 3 is 2.29 bits per heavy atom. The van der Waals surface area contributed by atoms with Crippen LogP contribution in [0.1, 0.15) is 32.1 Å². The minimum Gasteiger partial charge on any atom is -0.396 e. The molecule has 2 heterocycles. The van der Waals surface area contributed by atoms with Gasteiger partial charge in [-0.3, -0.25) is 0 Å². The molecule has 0 radical (unpaired) electrons. The van der Waals surface area contributed by atoms with Gasteiger partial charge in [0.1, 0.15) is 0 Å². The first-order valence-corrected chi connectivity index (χ1v) is 7.19. The molecule has 102 valence electrons. The van der Waals surface area contributed by atoms with Gasteiger partial charge in [-0.25, -0.2) is 0 Å². The minimum absolute atomic E-state index is 0.404. The Morgan fingerprint density at radius 2 is 1.71 bits per heavy atom. The molecule has 4 nitrogen and oxygen atoms in total. The molecule has 1 N–H and O–H groups in total. The first-order valence-electron chi connectivity index (χ1n) is 5.91. The molecule has 2 aliphatic heterocycles. The smallest absolute Gasteiger partial charge is 0.396 e. The van der Waals surface area contributed by atoms with Gasteiger partial charge in [0.05, 0.1) is 0 Å². The summed E-state index contributed by atoms with van der Waals surface area (Å²) in [7, 11) is -5.67. The van der Waals surface area contributed by atoms with Crippen molar-refractivity contribution in [3.8, 4) is 0 Å². The van der Waals surface area contributed by atoms with Gasteiger partial charge in [0, 0.05) is 12.6 Å². The number of hydrogen-bond donors (Lipinski definition) is 1. The summed E-state index contributed by atoms with van der Waals surface area (Å²) >= 11 is 0. The summed E-state index contributed by atoms with van der Waals surface area (Å²) < 4.78 is 36.6. The van der Waals surface area contributed by atoms with Crippen LogP contribution in [0.2, 0.25) is 0 Å². The van der Waals surface area contributed by atoms with Gasteiger partial charge in [-0.1, -0.05) is 14.2 Å². The quantitative estimate of drug-likeness (QED) is 0.733. The number of aliphatic hydroxyl groups excluding tert-OH is 1. The number of piperidine rings is 2. The highest BCUT2D eigenvalue weighted by Crippen LogP contribution is 2.30. The molecule has 0 aromatic carbocycles. The Morgan fingerprint density at radius 1 is 1.12 bits per heavy atom. The summed E-state index contributed by atoms with van der Waals surface area (Å²) in [6, 6.07) is 0.720. The highest BCUT2D eigenvalue weighted by Gasteiger charge is 2.32. The van der Waals surface area contributed by atoms with Crippen molar-refractivity contribution < 1.29 is 21.3 Å². The summed E-state index contributed by atoms with van der Waals surface area (Å²) in [5.74, 6) is 0.582. The molecule has 2 aliphatic rings. The fraction of sp³-hybridized carbons (Fsp3) is 1.00. The number of nitrogens with zero attached hydrogens (tertiary/aromatic N) is 1. The zero-order valence-corrected chi connectivity index (χ0v) is 10.5. The Labute approximate surface area is 101 Å². The van der Waals surface area contributed by atoms with Gasteiger partial charge in [-0.2, -0.15) is 8.42 Å². The SMILES string of the molecule is O=S(=O)(F)F.OC[C@@H]1CCCN2CCCC[C@H]12. The standard InChI is InChI=1S/C10H19NO.F2O2S/c12-8-9-4-3-7-11-6-2-1-5-10(9)11;1-5(2,3)4/h9-10,12H,1-8H2;/t9-,10+;/m0./s1. The molecule has 0 aromatic rings. The van der Waals surface area contributed by atoms with Crippen molar-refractivity contribution in [2.45, 2.75) is 38.1 Å². The highest BCUT2D eigenvalue weighted by atomic mass is 32.3. The van der Waals surface area contributed by atoms with E-state index in [0.29, 0.717) is 12.5 Å². The number of halogens is 2. The average Bonchev–Trinajstić information content (AvgIpc) is 2.26. The van der Waals surface area contributed by atoms with Gasteiger partial charge in [0.2, 0.25) is 0 Å². The number of rotatable bonds is 1. The maximum absolute atomic E-state index is 9.99. The molecule has 2 rings (SSSR count). The number of aliphatic hydroxyl groups is 1. The summed E-state index contributed by atoms with van der Waals surface area (Å²) in [4.78, 5) is 2.59. The van der Waals surface area contributed by atoms with E-state index >= 15 is 0 Å². The van der Waals surface area contributed by atoms with Gasteiger partial charge in [-0.15, -0.1) is 0 Å². The van der Waals surface area contributed by atoms with Crippen LogP contribution in [-0.4, -0.2) is 44.2 Å². The molecule has 0 aromatic heterocycles. The largest absolute Gasteiger partial charge is 0.476 e. The lowest BCUT2D eigenvalue weighted by Crippen LogP contribution is -2.48. The first kappa shape index (κ1) is 14.8. The van der Waals surface area contributed by atoms with Crippen LogP contribution < -0.4 is 0 Å². The van der Waals surface area contributed by atoms with Crippen LogP contribution in [0.15, 0.2) is 0 Å². The average molecular weight is 271 g/mol. The Balaban J connectivity index is 0.000000249. The summed E-state index contributed by atoms with van der Waals surface area (Å²) in [6.07, 6.45) is 6.61. The van der Waals surface area contributed by atoms with Gasteiger partial charge in [0.25, 0.3) is 0 Å². The van der Waals surface area contributed by atoms with Crippen molar-refractivity contribution in [1.29, 1.82) is 0 Å². The van der Waals surface area contributed by atoms with Crippen LogP contribution >= 0.6 is 0 Å². The van der Waals surface area contributed by atoms with Crippen LogP contribution in [0.5, 0.6) is 0 Å². The summed E-state index contributed by atoms with van der Waals surface area (Å²) in [5, 5.41) is 9.20. The molecule has 0 spiro atoms. The molecule has 2 atom stereocenters. The highest BCUT2D eigenvalue weighted by molar-refractivity contribution is 7.81. The second kappa shape index (κ2) is 6.61. The molecule has 2 fully saturated rings. The lowest BCUT2D eigenvalue weighted by Gasteiger charge is -2.43. The zero-order valence-electron chi connectivity index (χ0n) is 9.69.